The molecule has 0 saturated carbocycles. The molecule has 12 heteroatoms. The Hall–Kier alpha value is -3.67. The van der Waals surface area contributed by atoms with E-state index in [-0.39, 0.29) is 31.8 Å². The van der Waals surface area contributed by atoms with Crippen LogP contribution in [0, 0.1) is 5.92 Å². The van der Waals surface area contributed by atoms with Gasteiger partial charge in [0.2, 0.25) is 30.0 Å². The van der Waals surface area contributed by atoms with E-state index in [2.05, 4.69) is 21.3 Å². The smallest absolute Gasteiger partial charge is 0.243 e. The molecule has 5 N–H and O–H groups in total. The van der Waals surface area contributed by atoms with Crippen LogP contribution in [0.4, 0.5) is 0 Å². The summed E-state index contributed by atoms with van der Waals surface area (Å²) in [6.07, 6.45) is 2.97. The second-order valence-corrected chi connectivity index (χ2v) is 9.44. The molecule has 1 aromatic carbocycles. The minimum Gasteiger partial charge on any atom is -0.497 e. The van der Waals surface area contributed by atoms with Gasteiger partial charge in [0.15, 0.2) is 0 Å². The van der Waals surface area contributed by atoms with Gasteiger partial charge in [0, 0.05) is 13.0 Å². The summed E-state index contributed by atoms with van der Waals surface area (Å²) in [7, 11) is 1.55. The Labute approximate surface area is 222 Å². The number of nitrogens with zero attached hydrogens (tertiary/aromatic N) is 1. The van der Waals surface area contributed by atoms with E-state index in [0.29, 0.717) is 42.9 Å². The fourth-order valence-corrected chi connectivity index (χ4v) is 4.08. The van der Waals surface area contributed by atoms with Crippen LogP contribution in [-0.4, -0.2) is 78.6 Å². The molecule has 0 radical (unpaired) electrons. The highest BCUT2D eigenvalue weighted by molar-refractivity contribution is 5.96. The zero-order chi connectivity index (χ0) is 28.1. The highest BCUT2D eigenvalue weighted by Gasteiger charge is 2.33. The summed E-state index contributed by atoms with van der Waals surface area (Å²) in [4.78, 5) is 62.6. The van der Waals surface area contributed by atoms with Crippen LogP contribution < -0.4 is 26.0 Å². The van der Waals surface area contributed by atoms with Gasteiger partial charge in [-0.3, -0.25) is 29.2 Å². The minimum atomic E-state index is -0.996. The molecule has 1 aliphatic heterocycles. The Kier molecular flexibility index (Phi) is 12.5. The number of rotatable bonds is 12. The number of hydroxylamine groups is 2. The molecule has 12 nitrogen and oxygen atoms in total. The molecule has 1 fully saturated rings. The zero-order valence-corrected chi connectivity index (χ0v) is 22.2. The number of carbonyl (C=O) groups excluding carboxylic acids is 5. The fraction of sp³-hybridized carbons (Fsp3) is 0.577. The predicted molar refractivity (Wildman–Crippen MR) is 138 cm³/mol. The molecule has 2 rings (SSSR count). The maximum atomic E-state index is 13.4. The highest BCUT2D eigenvalue weighted by Crippen LogP contribution is 2.15. The average molecular weight is 534 g/mol. The maximum absolute atomic E-state index is 13.4. The van der Waals surface area contributed by atoms with E-state index in [1.807, 2.05) is 13.8 Å². The Morgan fingerprint density at radius 1 is 1.00 bits per heavy atom. The number of unbranched alkanes of at least 4 members (excludes halogenated alkanes) is 2. The molecule has 1 aliphatic rings. The number of carbonyl (C=O) groups is 5. The summed E-state index contributed by atoms with van der Waals surface area (Å²) >= 11 is 0. The number of ether oxygens (including phenoxy) is 1. The molecular formula is C26H39N5O7. The van der Waals surface area contributed by atoms with Gasteiger partial charge in [-0.05, 0) is 36.5 Å². The first-order valence-electron chi connectivity index (χ1n) is 12.9. The molecule has 1 heterocycles. The van der Waals surface area contributed by atoms with E-state index in [0.717, 1.165) is 5.56 Å². The molecule has 0 spiro atoms. The molecule has 1 aromatic rings. The topological polar surface area (TPSA) is 166 Å². The lowest BCUT2D eigenvalue weighted by Gasteiger charge is -2.29. The van der Waals surface area contributed by atoms with Crippen LogP contribution in [0.2, 0.25) is 0 Å². The molecular weight excluding hydrogens is 494 g/mol. The Balaban J connectivity index is 2.24. The number of benzene rings is 1. The van der Waals surface area contributed by atoms with Crippen molar-refractivity contribution < 1.29 is 33.9 Å². The molecule has 210 valence electrons. The lowest BCUT2D eigenvalue weighted by molar-refractivity contribution is -0.149. The summed E-state index contributed by atoms with van der Waals surface area (Å²) < 4.78 is 5.19. The molecule has 4 unspecified atom stereocenters. The number of methoxy groups -OCH3 is 1. The third-order valence-corrected chi connectivity index (χ3v) is 6.60. The molecule has 4 atom stereocenters. The van der Waals surface area contributed by atoms with Crippen molar-refractivity contribution in [2.24, 2.45) is 5.92 Å². The van der Waals surface area contributed by atoms with E-state index in [1.54, 1.807) is 31.4 Å². The van der Waals surface area contributed by atoms with Gasteiger partial charge in [0.1, 0.15) is 23.9 Å². The lowest BCUT2D eigenvalue weighted by Crippen LogP contribution is -2.60. The number of amides is 5. The molecule has 0 aromatic heterocycles. The van der Waals surface area contributed by atoms with Crippen molar-refractivity contribution >= 4 is 30.0 Å². The quantitative estimate of drug-likeness (QED) is 0.111. The van der Waals surface area contributed by atoms with Crippen LogP contribution >= 0.6 is 0 Å². The van der Waals surface area contributed by atoms with Crippen LogP contribution in [-0.2, 0) is 30.4 Å². The third-order valence-electron chi connectivity index (χ3n) is 6.60. The predicted octanol–water partition coefficient (Wildman–Crippen LogP) is 0.276. The van der Waals surface area contributed by atoms with Crippen molar-refractivity contribution in [3.05, 3.63) is 29.8 Å². The SMILES string of the molecule is CCC(C)C1NC(=O)C(Cc2ccc(OC)cc2)NC(=O)C(CCCCCN(O)C=O)NC(=O)CNC1=O. The Morgan fingerprint density at radius 2 is 1.68 bits per heavy atom. The summed E-state index contributed by atoms with van der Waals surface area (Å²) in [6, 6.07) is 4.27. The number of nitrogens with one attached hydrogen (secondary N) is 4. The van der Waals surface area contributed by atoms with E-state index >= 15 is 0 Å². The molecule has 38 heavy (non-hydrogen) atoms. The largest absolute Gasteiger partial charge is 0.497 e. The van der Waals surface area contributed by atoms with Gasteiger partial charge in [0.25, 0.3) is 0 Å². The van der Waals surface area contributed by atoms with Crippen LogP contribution in [0.15, 0.2) is 24.3 Å². The standard InChI is InChI=1S/C26H39N5O7/c1-4-17(2)23-26(36)27-15-22(33)28-20(8-6-5-7-13-31(37)16-32)24(34)29-21(25(35)30-23)14-18-9-11-19(38-3)12-10-18/h9-12,16-17,20-21,23,37H,4-8,13-15H2,1-3H3,(H,27,36)(H,28,33)(H,29,34)(H,30,35). The van der Waals surface area contributed by atoms with Crippen molar-refractivity contribution in [1.29, 1.82) is 0 Å². The lowest BCUT2D eigenvalue weighted by atomic mass is 9.96. The van der Waals surface area contributed by atoms with Crippen molar-refractivity contribution in [2.75, 3.05) is 20.2 Å². The van der Waals surface area contributed by atoms with Crippen molar-refractivity contribution in [3.63, 3.8) is 0 Å². The summed E-state index contributed by atoms with van der Waals surface area (Å²) in [5.74, 6) is -1.58. The van der Waals surface area contributed by atoms with E-state index in [4.69, 9.17) is 4.74 Å². The first kappa shape index (κ1) is 30.6. The molecule has 0 aliphatic carbocycles. The van der Waals surface area contributed by atoms with Crippen LogP contribution in [0.1, 0.15) is 51.5 Å². The molecule has 5 amide bonds. The van der Waals surface area contributed by atoms with Gasteiger partial charge in [-0.25, -0.2) is 5.06 Å². The zero-order valence-electron chi connectivity index (χ0n) is 22.2. The highest BCUT2D eigenvalue weighted by atomic mass is 16.5. The normalized spacial score (nSPS) is 21.5. The third kappa shape index (κ3) is 9.66. The van der Waals surface area contributed by atoms with E-state index in [9.17, 15) is 29.2 Å². The van der Waals surface area contributed by atoms with Crippen molar-refractivity contribution in [3.8, 4) is 5.75 Å². The molecule has 0 bridgehead atoms. The summed E-state index contributed by atoms with van der Waals surface area (Å²) in [6.45, 7) is 3.54. The van der Waals surface area contributed by atoms with Gasteiger partial charge in [-0.15, -0.1) is 0 Å². The fourth-order valence-electron chi connectivity index (χ4n) is 4.08. The van der Waals surface area contributed by atoms with Gasteiger partial charge in [0.05, 0.1) is 13.7 Å². The Morgan fingerprint density at radius 3 is 2.32 bits per heavy atom. The first-order valence-corrected chi connectivity index (χ1v) is 12.9. The monoisotopic (exact) mass is 533 g/mol. The molecule has 1 saturated heterocycles. The second-order valence-electron chi connectivity index (χ2n) is 9.44. The number of hydrogen-bond acceptors (Lipinski definition) is 7. The van der Waals surface area contributed by atoms with Crippen molar-refractivity contribution in [1.82, 2.24) is 26.3 Å². The van der Waals surface area contributed by atoms with Gasteiger partial charge < -0.3 is 26.0 Å². The summed E-state index contributed by atoms with van der Waals surface area (Å²) in [5.41, 5.74) is 0.771. The maximum Gasteiger partial charge on any atom is 0.243 e. The minimum absolute atomic E-state index is 0.153. The second kappa shape index (κ2) is 15.6. The van der Waals surface area contributed by atoms with E-state index < -0.39 is 41.8 Å². The van der Waals surface area contributed by atoms with Gasteiger partial charge in [-0.2, -0.15) is 0 Å². The van der Waals surface area contributed by atoms with Crippen LogP contribution in [0.3, 0.4) is 0 Å². The van der Waals surface area contributed by atoms with Gasteiger partial charge >= 0.3 is 0 Å². The van der Waals surface area contributed by atoms with Gasteiger partial charge in [-0.1, -0.05) is 45.2 Å². The summed E-state index contributed by atoms with van der Waals surface area (Å²) in [5, 5.41) is 20.5. The average Bonchev–Trinajstić information content (AvgIpc) is 2.92. The first-order chi connectivity index (χ1) is 18.2. The number of hydrogen-bond donors (Lipinski definition) is 5. The van der Waals surface area contributed by atoms with E-state index in [1.165, 1.54) is 0 Å². The Bertz CT molecular complexity index is 956. The van der Waals surface area contributed by atoms with Crippen molar-refractivity contribution in [2.45, 2.75) is 70.5 Å². The van der Waals surface area contributed by atoms with Crippen LogP contribution in [0.25, 0.3) is 0 Å². The van der Waals surface area contributed by atoms with Crippen LogP contribution in [0.5, 0.6) is 5.75 Å².